The second-order valence-corrected chi connectivity index (χ2v) is 6.95. The fraction of sp³-hybridized carbons (Fsp3) is 0.409. The van der Waals surface area contributed by atoms with Crippen molar-refractivity contribution in [2.45, 2.75) is 19.5 Å². The van der Waals surface area contributed by atoms with Gasteiger partial charge >= 0.3 is 0 Å². The molecule has 3 rings (SSSR count). The third-order valence-corrected chi connectivity index (χ3v) is 5.14. The van der Waals surface area contributed by atoms with Crippen LogP contribution in [0.2, 0.25) is 0 Å². The number of nitrogens with one attached hydrogen (secondary N) is 2. The van der Waals surface area contributed by atoms with Crippen molar-refractivity contribution < 1.29 is 9.13 Å². The molecule has 1 unspecified atom stereocenters. The van der Waals surface area contributed by atoms with Crippen LogP contribution in [-0.4, -0.2) is 50.8 Å². The van der Waals surface area contributed by atoms with E-state index >= 15 is 0 Å². The van der Waals surface area contributed by atoms with Crippen LogP contribution in [0.15, 0.2) is 53.5 Å². The molecular formula is C22H30FIN4O. The largest absolute Gasteiger partial charge is 0.379 e. The summed E-state index contributed by atoms with van der Waals surface area (Å²) in [7, 11) is 1.77. The first-order valence-corrected chi connectivity index (χ1v) is 9.73. The molecule has 29 heavy (non-hydrogen) atoms. The van der Waals surface area contributed by atoms with Crippen LogP contribution >= 0.6 is 24.0 Å². The molecule has 1 fully saturated rings. The van der Waals surface area contributed by atoms with Gasteiger partial charge in [-0.15, -0.1) is 24.0 Å². The molecule has 2 aromatic carbocycles. The Morgan fingerprint density at radius 3 is 2.45 bits per heavy atom. The molecule has 1 aliphatic heterocycles. The van der Waals surface area contributed by atoms with Gasteiger partial charge in [-0.05, 0) is 35.7 Å². The summed E-state index contributed by atoms with van der Waals surface area (Å²) < 4.78 is 18.9. The van der Waals surface area contributed by atoms with Gasteiger partial charge in [-0.3, -0.25) is 9.89 Å². The zero-order valence-corrected chi connectivity index (χ0v) is 19.4. The first-order valence-electron chi connectivity index (χ1n) is 9.73. The number of aryl methyl sites for hydroxylation is 1. The highest BCUT2D eigenvalue weighted by Crippen LogP contribution is 2.21. The van der Waals surface area contributed by atoms with Crippen LogP contribution in [0, 0.1) is 12.7 Å². The predicted octanol–water partition coefficient (Wildman–Crippen LogP) is 3.49. The smallest absolute Gasteiger partial charge is 0.191 e. The summed E-state index contributed by atoms with van der Waals surface area (Å²) in [6.45, 7) is 6.66. The van der Waals surface area contributed by atoms with Crippen molar-refractivity contribution in [1.29, 1.82) is 0 Å². The number of hydrogen-bond donors (Lipinski definition) is 2. The van der Waals surface area contributed by atoms with Crippen molar-refractivity contribution in [3.8, 4) is 0 Å². The topological polar surface area (TPSA) is 48.9 Å². The van der Waals surface area contributed by atoms with E-state index < -0.39 is 0 Å². The molecule has 0 spiro atoms. The van der Waals surface area contributed by atoms with Gasteiger partial charge in [-0.1, -0.05) is 36.4 Å². The molecule has 2 aromatic rings. The van der Waals surface area contributed by atoms with Gasteiger partial charge in [-0.2, -0.15) is 0 Å². The van der Waals surface area contributed by atoms with Crippen molar-refractivity contribution in [3.05, 3.63) is 71.0 Å². The van der Waals surface area contributed by atoms with Crippen LogP contribution in [0.4, 0.5) is 4.39 Å². The normalized spacial score (nSPS) is 16.0. The fourth-order valence-electron chi connectivity index (χ4n) is 3.43. The van der Waals surface area contributed by atoms with E-state index in [-0.39, 0.29) is 35.8 Å². The van der Waals surface area contributed by atoms with E-state index in [4.69, 9.17) is 4.74 Å². The highest BCUT2D eigenvalue weighted by molar-refractivity contribution is 14.0. The summed E-state index contributed by atoms with van der Waals surface area (Å²) in [5, 5.41) is 6.81. The van der Waals surface area contributed by atoms with Gasteiger partial charge in [0.2, 0.25) is 0 Å². The van der Waals surface area contributed by atoms with Crippen molar-refractivity contribution in [2.75, 3.05) is 39.9 Å². The summed E-state index contributed by atoms with van der Waals surface area (Å²) in [6.07, 6.45) is 0. The van der Waals surface area contributed by atoms with Crippen LogP contribution < -0.4 is 10.6 Å². The molecule has 2 N–H and O–H groups in total. The van der Waals surface area contributed by atoms with E-state index in [9.17, 15) is 4.39 Å². The number of ether oxygens (including phenoxy) is 1. The number of aliphatic imine (C=N–C) groups is 1. The van der Waals surface area contributed by atoms with E-state index in [1.165, 1.54) is 23.3 Å². The Kier molecular flexibility index (Phi) is 9.83. The lowest BCUT2D eigenvalue weighted by atomic mass is 10.0. The van der Waals surface area contributed by atoms with Gasteiger partial charge in [0.25, 0.3) is 0 Å². The number of nitrogens with zero attached hydrogens (tertiary/aromatic N) is 2. The van der Waals surface area contributed by atoms with Crippen molar-refractivity contribution in [2.24, 2.45) is 4.99 Å². The van der Waals surface area contributed by atoms with Gasteiger partial charge < -0.3 is 15.4 Å². The first-order chi connectivity index (χ1) is 13.7. The molecule has 0 aliphatic carbocycles. The molecule has 0 saturated carbocycles. The number of morpholine rings is 1. The van der Waals surface area contributed by atoms with E-state index in [0.29, 0.717) is 13.1 Å². The monoisotopic (exact) mass is 512 g/mol. The summed E-state index contributed by atoms with van der Waals surface area (Å²) in [4.78, 5) is 6.72. The Hall–Kier alpha value is -1.71. The van der Waals surface area contributed by atoms with Crippen LogP contribution in [0.3, 0.4) is 0 Å². The lowest BCUT2D eigenvalue weighted by Gasteiger charge is -2.35. The second kappa shape index (κ2) is 12.1. The van der Waals surface area contributed by atoms with E-state index in [1.54, 1.807) is 7.05 Å². The van der Waals surface area contributed by atoms with Gasteiger partial charge in [0.15, 0.2) is 5.96 Å². The Morgan fingerprint density at radius 1 is 1.10 bits per heavy atom. The van der Waals surface area contributed by atoms with Crippen molar-refractivity contribution in [1.82, 2.24) is 15.5 Å². The molecule has 0 aromatic heterocycles. The highest BCUT2D eigenvalue weighted by Gasteiger charge is 2.23. The van der Waals surface area contributed by atoms with E-state index in [1.807, 2.05) is 24.3 Å². The minimum atomic E-state index is -0.215. The predicted molar refractivity (Wildman–Crippen MR) is 126 cm³/mol. The maximum Gasteiger partial charge on any atom is 0.191 e. The summed E-state index contributed by atoms with van der Waals surface area (Å²) >= 11 is 0. The number of benzene rings is 2. The molecule has 0 amide bonds. The lowest BCUT2D eigenvalue weighted by Crippen LogP contribution is -2.46. The van der Waals surface area contributed by atoms with Crippen LogP contribution in [-0.2, 0) is 11.3 Å². The van der Waals surface area contributed by atoms with Crippen LogP contribution in [0.25, 0.3) is 0 Å². The minimum Gasteiger partial charge on any atom is -0.379 e. The molecule has 1 aliphatic rings. The Bertz CT molecular complexity index is 779. The summed E-state index contributed by atoms with van der Waals surface area (Å²) in [5.41, 5.74) is 3.59. The Balaban J connectivity index is 0.00000300. The van der Waals surface area contributed by atoms with Gasteiger partial charge in [0.1, 0.15) is 5.82 Å². The average molecular weight is 512 g/mol. The third kappa shape index (κ3) is 6.94. The molecule has 0 bridgehead atoms. The van der Waals surface area contributed by atoms with E-state index in [0.717, 1.165) is 37.8 Å². The third-order valence-electron chi connectivity index (χ3n) is 5.14. The quantitative estimate of drug-likeness (QED) is 0.354. The standard InChI is InChI=1S/C22H29FN4O.HI/c1-17-5-3-4-6-19(17)15-25-22(24-2)26-16-21(27-11-13-28-14-12-27)18-7-9-20(23)10-8-18;/h3-10,21H,11-16H2,1-2H3,(H2,24,25,26);1H. The first kappa shape index (κ1) is 23.6. The number of rotatable bonds is 6. The molecule has 1 atom stereocenters. The molecule has 5 nitrogen and oxygen atoms in total. The summed E-state index contributed by atoms with van der Waals surface area (Å²) in [6, 6.07) is 15.2. The van der Waals surface area contributed by atoms with Crippen LogP contribution in [0.1, 0.15) is 22.7 Å². The Labute approximate surface area is 189 Å². The Morgan fingerprint density at radius 2 is 1.79 bits per heavy atom. The summed E-state index contributed by atoms with van der Waals surface area (Å²) in [5.74, 6) is 0.539. The van der Waals surface area contributed by atoms with Crippen molar-refractivity contribution >= 4 is 29.9 Å². The van der Waals surface area contributed by atoms with E-state index in [2.05, 4.69) is 39.6 Å². The molecule has 1 saturated heterocycles. The van der Waals surface area contributed by atoms with Crippen molar-refractivity contribution in [3.63, 3.8) is 0 Å². The average Bonchev–Trinajstić information content (AvgIpc) is 2.73. The molecule has 158 valence electrons. The highest BCUT2D eigenvalue weighted by atomic mass is 127. The minimum absolute atomic E-state index is 0. The van der Waals surface area contributed by atoms with Gasteiger partial charge in [0, 0.05) is 33.2 Å². The SMILES string of the molecule is CN=C(NCc1ccccc1C)NCC(c1ccc(F)cc1)N1CCOCC1.I. The molecule has 7 heteroatoms. The van der Waals surface area contributed by atoms with Gasteiger partial charge in [0.05, 0.1) is 19.3 Å². The number of hydrogen-bond acceptors (Lipinski definition) is 3. The van der Waals surface area contributed by atoms with Crippen LogP contribution in [0.5, 0.6) is 0 Å². The molecule has 0 radical (unpaired) electrons. The fourth-order valence-corrected chi connectivity index (χ4v) is 3.43. The van der Waals surface area contributed by atoms with Gasteiger partial charge in [-0.25, -0.2) is 4.39 Å². The lowest BCUT2D eigenvalue weighted by molar-refractivity contribution is 0.0170. The number of halogens is 2. The maximum absolute atomic E-state index is 13.4. The zero-order chi connectivity index (χ0) is 19.8. The number of guanidine groups is 1. The zero-order valence-electron chi connectivity index (χ0n) is 17.0. The molecule has 1 heterocycles. The molecular weight excluding hydrogens is 482 g/mol. The second-order valence-electron chi connectivity index (χ2n) is 6.95. The maximum atomic E-state index is 13.4.